The molecule has 5 nitrogen and oxygen atoms in total. The van der Waals surface area contributed by atoms with Crippen LogP contribution in [-0.4, -0.2) is 29.6 Å². The maximum atomic E-state index is 12.3. The zero-order valence-corrected chi connectivity index (χ0v) is 16.1. The first-order valence-corrected chi connectivity index (χ1v) is 9.11. The maximum absolute atomic E-state index is 12.3. The predicted molar refractivity (Wildman–Crippen MR) is 102 cm³/mol. The highest BCUT2D eigenvalue weighted by Crippen LogP contribution is 2.26. The summed E-state index contributed by atoms with van der Waals surface area (Å²) >= 11 is 0. The van der Waals surface area contributed by atoms with Gasteiger partial charge < -0.3 is 15.7 Å². The van der Waals surface area contributed by atoms with Crippen LogP contribution in [-0.2, 0) is 9.59 Å². The Morgan fingerprint density at radius 1 is 1.12 bits per heavy atom. The number of hydrogen-bond donors (Lipinski definition) is 3. The van der Waals surface area contributed by atoms with Crippen molar-refractivity contribution >= 4 is 17.6 Å². The van der Waals surface area contributed by atoms with Crippen molar-refractivity contribution in [1.29, 1.82) is 0 Å². The number of carboxylic acids is 1. The van der Waals surface area contributed by atoms with E-state index in [0.717, 1.165) is 11.3 Å². The van der Waals surface area contributed by atoms with Gasteiger partial charge in [-0.2, -0.15) is 0 Å². The van der Waals surface area contributed by atoms with Crippen LogP contribution in [0, 0.1) is 5.41 Å². The van der Waals surface area contributed by atoms with Crippen LogP contribution in [0.3, 0.4) is 0 Å². The zero-order chi connectivity index (χ0) is 19.0. The zero-order valence-electron chi connectivity index (χ0n) is 16.1. The molecule has 0 bridgehead atoms. The lowest BCUT2D eigenvalue weighted by Crippen LogP contribution is -2.44. The first-order valence-electron chi connectivity index (χ1n) is 9.11. The van der Waals surface area contributed by atoms with Gasteiger partial charge >= 0.3 is 5.97 Å². The number of carbonyl (C=O) groups is 2. The maximum Gasteiger partial charge on any atom is 0.310 e. The Morgan fingerprint density at radius 2 is 1.72 bits per heavy atom. The number of rotatable bonds is 10. The van der Waals surface area contributed by atoms with E-state index >= 15 is 0 Å². The lowest BCUT2D eigenvalue weighted by Gasteiger charge is -2.28. The number of anilines is 1. The quantitative estimate of drug-likeness (QED) is 0.597. The summed E-state index contributed by atoms with van der Waals surface area (Å²) in [6, 6.07) is 7.71. The molecule has 25 heavy (non-hydrogen) atoms. The Hall–Kier alpha value is -1.88. The molecule has 0 spiro atoms. The fourth-order valence-electron chi connectivity index (χ4n) is 2.91. The SMILES string of the molecule is CCC(CC)(CNC(C)CC(=O)Nc1ccccc1C(C)C)C(=O)O. The van der Waals surface area contributed by atoms with Crippen LogP contribution in [0.2, 0.25) is 0 Å². The molecular weight excluding hydrogens is 316 g/mol. The normalized spacial score (nSPS) is 12.9. The third-order valence-electron chi connectivity index (χ3n) is 4.94. The van der Waals surface area contributed by atoms with Gasteiger partial charge in [0.15, 0.2) is 0 Å². The van der Waals surface area contributed by atoms with Gasteiger partial charge in [-0.3, -0.25) is 9.59 Å². The average molecular weight is 348 g/mol. The van der Waals surface area contributed by atoms with Crippen LogP contribution in [0.15, 0.2) is 24.3 Å². The Labute approximate surface area is 151 Å². The summed E-state index contributed by atoms with van der Waals surface area (Å²) in [5.74, 6) is -0.521. The highest BCUT2D eigenvalue weighted by atomic mass is 16.4. The molecule has 1 rings (SSSR count). The van der Waals surface area contributed by atoms with Crippen LogP contribution in [0.1, 0.15) is 65.4 Å². The van der Waals surface area contributed by atoms with Crippen LogP contribution in [0.5, 0.6) is 0 Å². The van der Waals surface area contributed by atoms with E-state index in [-0.39, 0.29) is 11.9 Å². The average Bonchev–Trinajstić information content (AvgIpc) is 2.56. The van der Waals surface area contributed by atoms with Crippen molar-refractivity contribution in [2.24, 2.45) is 5.41 Å². The molecule has 0 saturated carbocycles. The fourth-order valence-corrected chi connectivity index (χ4v) is 2.91. The molecule has 0 aromatic heterocycles. The van der Waals surface area contributed by atoms with E-state index in [0.29, 0.717) is 31.7 Å². The number of carboxylic acid groups (broad SMARTS) is 1. The number of para-hydroxylation sites is 1. The van der Waals surface area contributed by atoms with Crippen molar-refractivity contribution < 1.29 is 14.7 Å². The Bertz CT molecular complexity index is 580. The molecule has 140 valence electrons. The standard InChI is InChI=1S/C20H32N2O3/c1-6-20(7-2,19(24)25)13-21-15(5)12-18(23)22-17-11-9-8-10-16(17)14(3)4/h8-11,14-15,21H,6-7,12-13H2,1-5H3,(H,22,23)(H,24,25). The van der Waals surface area contributed by atoms with Crippen molar-refractivity contribution in [2.45, 2.75) is 65.8 Å². The molecule has 1 aromatic carbocycles. The number of carbonyl (C=O) groups excluding carboxylic acids is 1. The fraction of sp³-hybridized carbons (Fsp3) is 0.600. The third-order valence-corrected chi connectivity index (χ3v) is 4.94. The van der Waals surface area contributed by atoms with E-state index in [1.807, 2.05) is 45.0 Å². The second-order valence-electron chi connectivity index (χ2n) is 7.07. The molecule has 1 atom stereocenters. The largest absolute Gasteiger partial charge is 0.481 e. The summed E-state index contributed by atoms with van der Waals surface area (Å²) < 4.78 is 0. The molecule has 0 aliphatic heterocycles. The minimum absolute atomic E-state index is 0.0676. The monoisotopic (exact) mass is 348 g/mol. The van der Waals surface area contributed by atoms with Crippen molar-refractivity contribution in [1.82, 2.24) is 5.32 Å². The number of benzene rings is 1. The van der Waals surface area contributed by atoms with E-state index in [2.05, 4.69) is 24.5 Å². The summed E-state index contributed by atoms with van der Waals surface area (Å²) in [5.41, 5.74) is 1.18. The smallest absolute Gasteiger partial charge is 0.310 e. The Kier molecular flexibility index (Phi) is 8.10. The summed E-state index contributed by atoms with van der Waals surface area (Å²) in [5, 5.41) is 15.7. The molecule has 3 N–H and O–H groups in total. The molecule has 0 saturated heterocycles. The number of nitrogens with one attached hydrogen (secondary N) is 2. The molecule has 1 amide bonds. The van der Waals surface area contributed by atoms with E-state index in [9.17, 15) is 14.7 Å². The second kappa shape index (κ2) is 9.56. The molecule has 1 aromatic rings. The van der Waals surface area contributed by atoms with Crippen molar-refractivity contribution in [3.63, 3.8) is 0 Å². The molecular formula is C20H32N2O3. The molecule has 0 aliphatic carbocycles. The lowest BCUT2D eigenvalue weighted by molar-refractivity contribution is -0.149. The van der Waals surface area contributed by atoms with Gasteiger partial charge in [0, 0.05) is 24.7 Å². The molecule has 5 heteroatoms. The Morgan fingerprint density at radius 3 is 2.24 bits per heavy atom. The van der Waals surface area contributed by atoms with E-state index in [4.69, 9.17) is 0 Å². The van der Waals surface area contributed by atoms with Gasteiger partial charge in [0.25, 0.3) is 0 Å². The van der Waals surface area contributed by atoms with E-state index < -0.39 is 11.4 Å². The third kappa shape index (κ3) is 5.85. The number of hydrogen-bond acceptors (Lipinski definition) is 3. The van der Waals surface area contributed by atoms with E-state index in [1.54, 1.807) is 0 Å². The second-order valence-corrected chi connectivity index (χ2v) is 7.07. The first-order chi connectivity index (χ1) is 11.8. The van der Waals surface area contributed by atoms with E-state index in [1.165, 1.54) is 0 Å². The first kappa shape index (κ1) is 21.2. The summed E-state index contributed by atoms with van der Waals surface area (Å²) in [6.07, 6.45) is 1.43. The van der Waals surface area contributed by atoms with Gasteiger partial charge in [-0.05, 0) is 37.3 Å². The van der Waals surface area contributed by atoms with Crippen LogP contribution in [0.25, 0.3) is 0 Å². The van der Waals surface area contributed by atoms with Gasteiger partial charge in [-0.15, -0.1) is 0 Å². The molecule has 0 aliphatic rings. The lowest BCUT2D eigenvalue weighted by atomic mass is 9.82. The minimum Gasteiger partial charge on any atom is -0.481 e. The summed E-state index contributed by atoms with van der Waals surface area (Å²) in [4.78, 5) is 23.9. The van der Waals surface area contributed by atoms with Gasteiger partial charge in [0.1, 0.15) is 0 Å². The highest BCUT2D eigenvalue weighted by molar-refractivity contribution is 5.92. The number of amides is 1. The van der Waals surface area contributed by atoms with Gasteiger partial charge in [0.05, 0.1) is 5.41 Å². The van der Waals surface area contributed by atoms with Crippen molar-refractivity contribution in [3.8, 4) is 0 Å². The van der Waals surface area contributed by atoms with Crippen LogP contribution < -0.4 is 10.6 Å². The molecule has 0 heterocycles. The molecule has 0 fully saturated rings. The van der Waals surface area contributed by atoms with Gasteiger partial charge in [0.2, 0.25) is 5.91 Å². The van der Waals surface area contributed by atoms with Gasteiger partial charge in [-0.25, -0.2) is 0 Å². The minimum atomic E-state index is -0.785. The predicted octanol–water partition coefficient (Wildman–Crippen LogP) is 4.01. The van der Waals surface area contributed by atoms with Gasteiger partial charge in [-0.1, -0.05) is 45.9 Å². The Balaban J connectivity index is 2.62. The summed E-state index contributed by atoms with van der Waals surface area (Å²) in [6.45, 7) is 10.2. The number of aliphatic carboxylic acids is 1. The molecule has 1 unspecified atom stereocenters. The topological polar surface area (TPSA) is 78.4 Å². The van der Waals surface area contributed by atoms with Crippen LogP contribution >= 0.6 is 0 Å². The van der Waals surface area contributed by atoms with Crippen molar-refractivity contribution in [3.05, 3.63) is 29.8 Å². The van der Waals surface area contributed by atoms with Crippen LogP contribution in [0.4, 0.5) is 5.69 Å². The van der Waals surface area contributed by atoms with Crippen molar-refractivity contribution in [2.75, 3.05) is 11.9 Å². The summed E-state index contributed by atoms with van der Waals surface area (Å²) in [7, 11) is 0. The highest BCUT2D eigenvalue weighted by Gasteiger charge is 2.34. The molecule has 0 radical (unpaired) electrons.